The number of carbonyl (C=O) groups is 1. The fourth-order valence-electron chi connectivity index (χ4n) is 4.68. The van der Waals surface area contributed by atoms with Crippen LogP contribution >= 0.6 is 0 Å². The molecule has 0 aliphatic heterocycles. The second kappa shape index (κ2) is 14.7. The molecule has 3 nitrogen and oxygen atoms in total. The smallest absolute Gasteiger partial charge is 0.306 e. The van der Waals surface area contributed by atoms with Gasteiger partial charge in [0.15, 0.2) is 0 Å². The fraction of sp³-hybridized carbons (Fsp3) is 0.759. The Labute approximate surface area is 198 Å². The van der Waals surface area contributed by atoms with Crippen LogP contribution in [-0.4, -0.2) is 22.3 Å². The van der Waals surface area contributed by atoms with Gasteiger partial charge in [0.25, 0.3) is 0 Å². The highest BCUT2D eigenvalue weighted by atomic mass is 16.4. The molecule has 0 aromatic rings. The average molecular weight is 447 g/mol. The lowest BCUT2D eigenvalue weighted by molar-refractivity contribution is -0.141. The second-order valence-electron chi connectivity index (χ2n) is 10.7. The molecule has 1 aliphatic carbocycles. The van der Waals surface area contributed by atoms with Gasteiger partial charge in [-0.25, -0.2) is 0 Å². The van der Waals surface area contributed by atoms with Crippen molar-refractivity contribution in [1.82, 2.24) is 0 Å². The minimum absolute atomic E-state index is 0.259. The molecule has 0 fully saturated rings. The molecule has 1 aliphatic rings. The van der Waals surface area contributed by atoms with E-state index in [1.54, 1.807) is 6.92 Å². The zero-order chi connectivity index (χ0) is 24.3. The number of carboxylic acids is 1. The van der Waals surface area contributed by atoms with E-state index in [1.165, 1.54) is 42.4 Å². The molecule has 0 aromatic carbocycles. The first-order valence-corrected chi connectivity index (χ1v) is 13.0. The fourth-order valence-corrected chi connectivity index (χ4v) is 4.68. The van der Waals surface area contributed by atoms with E-state index in [0.717, 1.165) is 31.6 Å². The number of allylic oxidation sites excluding steroid dienone is 5. The van der Waals surface area contributed by atoms with Gasteiger partial charge in [-0.05, 0) is 88.9 Å². The van der Waals surface area contributed by atoms with Crippen LogP contribution in [0.25, 0.3) is 0 Å². The Kier molecular flexibility index (Phi) is 13.2. The molecule has 0 bridgehead atoms. The molecule has 1 rings (SSSR count). The number of hydrogen-bond acceptors (Lipinski definition) is 2. The maximum atomic E-state index is 10.9. The summed E-state index contributed by atoms with van der Waals surface area (Å²) in [6.45, 7) is 15.3. The van der Waals surface area contributed by atoms with Crippen LogP contribution in [0.5, 0.6) is 0 Å². The molecular weight excluding hydrogens is 396 g/mol. The molecule has 0 saturated heterocycles. The van der Waals surface area contributed by atoms with E-state index < -0.39 is 5.97 Å². The first-order valence-electron chi connectivity index (χ1n) is 13.0. The zero-order valence-electron chi connectivity index (χ0n) is 21.9. The van der Waals surface area contributed by atoms with Gasteiger partial charge in [-0.1, -0.05) is 76.0 Å². The van der Waals surface area contributed by atoms with Crippen molar-refractivity contribution in [3.63, 3.8) is 0 Å². The number of carboxylic acid groups (broad SMARTS) is 1. The Bertz CT molecular complexity index is 657. The van der Waals surface area contributed by atoms with Gasteiger partial charge in [-0.15, -0.1) is 0 Å². The number of hydrogen-bond donors (Lipinski definition) is 2. The summed E-state index contributed by atoms with van der Waals surface area (Å²) < 4.78 is 0. The Hall–Kier alpha value is -1.35. The van der Waals surface area contributed by atoms with E-state index in [9.17, 15) is 9.90 Å². The summed E-state index contributed by atoms with van der Waals surface area (Å²) in [7, 11) is 0. The van der Waals surface area contributed by atoms with E-state index >= 15 is 0 Å². The SMILES string of the molecule is C/C(=C\CCC(C)C(=O)O)CC/C=C(\C)CCCC(C)CCC1=CC(O)C(C)C(C)C1C. The highest BCUT2D eigenvalue weighted by Crippen LogP contribution is 2.37. The lowest BCUT2D eigenvalue weighted by atomic mass is 9.71. The van der Waals surface area contributed by atoms with Gasteiger partial charge in [0.2, 0.25) is 0 Å². The zero-order valence-corrected chi connectivity index (χ0v) is 21.9. The molecule has 3 heteroatoms. The first-order chi connectivity index (χ1) is 15.0. The van der Waals surface area contributed by atoms with Crippen LogP contribution in [0.4, 0.5) is 0 Å². The lowest BCUT2D eigenvalue weighted by Crippen LogP contribution is -2.32. The lowest BCUT2D eigenvalue weighted by Gasteiger charge is -2.36. The van der Waals surface area contributed by atoms with Crippen molar-refractivity contribution in [2.75, 3.05) is 0 Å². The van der Waals surface area contributed by atoms with Crippen LogP contribution in [0.3, 0.4) is 0 Å². The third-order valence-corrected chi connectivity index (χ3v) is 7.87. The topological polar surface area (TPSA) is 57.5 Å². The van der Waals surface area contributed by atoms with Crippen molar-refractivity contribution >= 4 is 5.97 Å². The molecule has 0 saturated carbocycles. The Morgan fingerprint density at radius 1 is 0.969 bits per heavy atom. The van der Waals surface area contributed by atoms with Crippen molar-refractivity contribution in [2.24, 2.45) is 29.6 Å². The number of aliphatic hydroxyl groups excluding tert-OH is 1. The van der Waals surface area contributed by atoms with Crippen LogP contribution in [0, 0.1) is 29.6 Å². The van der Waals surface area contributed by atoms with Crippen LogP contribution in [-0.2, 0) is 4.79 Å². The van der Waals surface area contributed by atoms with Crippen LogP contribution < -0.4 is 0 Å². The maximum Gasteiger partial charge on any atom is 0.306 e. The molecular formula is C29H50O3. The van der Waals surface area contributed by atoms with Gasteiger partial charge in [-0.2, -0.15) is 0 Å². The maximum absolute atomic E-state index is 10.9. The van der Waals surface area contributed by atoms with Crippen LogP contribution in [0.2, 0.25) is 0 Å². The summed E-state index contributed by atoms with van der Waals surface area (Å²) in [5.74, 6) is 1.27. The minimum atomic E-state index is -0.701. The summed E-state index contributed by atoms with van der Waals surface area (Å²) in [5, 5.41) is 19.2. The van der Waals surface area contributed by atoms with Gasteiger partial charge in [0, 0.05) is 0 Å². The molecule has 6 atom stereocenters. The van der Waals surface area contributed by atoms with E-state index in [1.807, 2.05) is 0 Å². The summed E-state index contributed by atoms with van der Waals surface area (Å²) in [6.07, 6.45) is 16.2. The van der Waals surface area contributed by atoms with E-state index in [4.69, 9.17) is 5.11 Å². The van der Waals surface area contributed by atoms with Gasteiger partial charge in [-0.3, -0.25) is 4.79 Å². The van der Waals surface area contributed by atoms with E-state index in [-0.39, 0.29) is 12.0 Å². The highest BCUT2D eigenvalue weighted by Gasteiger charge is 2.31. The molecule has 184 valence electrons. The van der Waals surface area contributed by atoms with Crippen molar-refractivity contribution in [3.05, 3.63) is 34.9 Å². The molecule has 0 amide bonds. The van der Waals surface area contributed by atoms with Crippen molar-refractivity contribution in [3.8, 4) is 0 Å². The quantitative estimate of drug-likeness (QED) is 0.266. The molecule has 0 aromatic heterocycles. The predicted molar refractivity (Wildman–Crippen MR) is 137 cm³/mol. The van der Waals surface area contributed by atoms with E-state index in [0.29, 0.717) is 24.2 Å². The second-order valence-corrected chi connectivity index (χ2v) is 10.7. The number of rotatable bonds is 14. The average Bonchev–Trinajstić information content (AvgIpc) is 2.73. The van der Waals surface area contributed by atoms with Gasteiger partial charge >= 0.3 is 5.97 Å². The standard InChI is InChI=1S/C29H50O3/c1-20(11-8-12-21(2)15-10-16-23(4)29(31)32)13-9-14-22(3)17-18-27-19-28(30)26(7)24(5)25(27)6/h11,15,19,22-26,28,30H,8-10,12-14,16-18H2,1-7H3,(H,31,32)/b20-11+,21-15+. The summed E-state index contributed by atoms with van der Waals surface area (Å²) >= 11 is 0. The molecule has 0 radical (unpaired) electrons. The largest absolute Gasteiger partial charge is 0.481 e. The van der Waals surface area contributed by atoms with Crippen molar-refractivity contribution < 1.29 is 15.0 Å². The summed E-state index contributed by atoms with van der Waals surface area (Å²) in [4.78, 5) is 10.9. The number of aliphatic hydroxyl groups is 1. The van der Waals surface area contributed by atoms with Crippen LogP contribution in [0.1, 0.15) is 106 Å². The van der Waals surface area contributed by atoms with Gasteiger partial charge in [0.05, 0.1) is 12.0 Å². The Balaban J connectivity index is 2.25. The Morgan fingerprint density at radius 3 is 2.25 bits per heavy atom. The third-order valence-electron chi connectivity index (χ3n) is 7.87. The molecule has 2 N–H and O–H groups in total. The molecule has 32 heavy (non-hydrogen) atoms. The molecule has 0 heterocycles. The number of aliphatic carboxylic acids is 1. The minimum Gasteiger partial charge on any atom is -0.481 e. The van der Waals surface area contributed by atoms with E-state index in [2.05, 4.69) is 59.8 Å². The van der Waals surface area contributed by atoms with Gasteiger partial charge < -0.3 is 10.2 Å². The predicted octanol–water partition coefficient (Wildman–Crippen LogP) is 7.96. The van der Waals surface area contributed by atoms with Crippen molar-refractivity contribution in [2.45, 2.75) is 112 Å². The summed E-state index contributed by atoms with van der Waals surface area (Å²) in [5.41, 5.74) is 4.31. The highest BCUT2D eigenvalue weighted by molar-refractivity contribution is 5.69. The molecule has 0 spiro atoms. The monoisotopic (exact) mass is 446 g/mol. The van der Waals surface area contributed by atoms with Gasteiger partial charge in [0.1, 0.15) is 0 Å². The third kappa shape index (κ3) is 10.5. The van der Waals surface area contributed by atoms with Crippen molar-refractivity contribution in [1.29, 1.82) is 0 Å². The Morgan fingerprint density at radius 2 is 1.59 bits per heavy atom. The van der Waals surface area contributed by atoms with Crippen LogP contribution in [0.15, 0.2) is 34.9 Å². The summed E-state index contributed by atoms with van der Waals surface area (Å²) in [6, 6.07) is 0. The normalized spacial score (nSPS) is 26.6. The first kappa shape index (κ1) is 28.7. The molecule has 6 unspecified atom stereocenters.